The first-order valence-electron chi connectivity index (χ1n) is 15.1. The molecule has 2 N–H and O–H groups in total. The fourth-order valence-electron chi connectivity index (χ4n) is 4.05. The van der Waals surface area contributed by atoms with Crippen molar-refractivity contribution in [2.45, 2.75) is 110 Å². The van der Waals surface area contributed by atoms with Crippen molar-refractivity contribution in [3.8, 4) is 0 Å². The maximum atomic E-state index is 11.4. The second-order valence-corrected chi connectivity index (χ2v) is 30.0. The molecule has 0 aliphatic rings. The van der Waals surface area contributed by atoms with Crippen molar-refractivity contribution in [2.75, 3.05) is 40.1 Å². The van der Waals surface area contributed by atoms with E-state index in [1.54, 1.807) is 21.0 Å². The number of aliphatic hydroxyl groups excluding tert-OH is 2. The number of carbonyl (C=O) groups is 2. The molecule has 0 aromatic rings. The quantitative estimate of drug-likeness (QED) is 0.0630. The lowest BCUT2D eigenvalue weighted by molar-refractivity contribution is -0.139. The number of rotatable bonds is 22. The molecule has 43 heavy (non-hydrogen) atoms. The predicted molar refractivity (Wildman–Crippen MR) is 183 cm³/mol. The third-order valence-electron chi connectivity index (χ3n) is 6.16. The first-order chi connectivity index (χ1) is 19.6. The van der Waals surface area contributed by atoms with Crippen LogP contribution in [0.1, 0.15) is 33.1 Å². The van der Waals surface area contributed by atoms with Crippen LogP contribution in [0.5, 0.6) is 0 Å². The van der Waals surface area contributed by atoms with Crippen molar-refractivity contribution < 1.29 is 46.7 Å². The zero-order valence-electron chi connectivity index (χ0n) is 28.9. The van der Waals surface area contributed by atoms with Crippen LogP contribution in [0.4, 0.5) is 0 Å². The number of esters is 2. The Balaban J connectivity index is 0. The zero-order valence-corrected chi connectivity index (χ0v) is 32.9. The lowest BCUT2D eigenvalue weighted by Crippen LogP contribution is -2.45. The SMILES string of the molecule is C=C(C)C(=O)OCCC[Si](C)(C)O[Si](C)(C)CCCOCC(O)CO.C=C(C)C(=O)OCCC[Si](C)(C)O[Si](C)(C)OC. The van der Waals surface area contributed by atoms with E-state index in [9.17, 15) is 14.7 Å². The van der Waals surface area contributed by atoms with Crippen LogP contribution in [0.15, 0.2) is 24.3 Å². The van der Waals surface area contributed by atoms with Crippen LogP contribution in [-0.4, -0.2) is 102 Å². The van der Waals surface area contributed by atoms with Gasteiger partial charge in [0.25, 0.3) is 0 Å². The van der Waals surface area contributed by atoms with Gasteiger partial charge in [-0.2, -0.15) is 0 Å². The topological polar surface area (TPSA) is 130 Å². The molecule has 0 amide bonds. The molecule has 0 rings (SSSR count). The van der Waals surface area contributed by atoms with Gasteiger partial charge in [0.05, 0.1) is 26.4 Å². The number of hydrogen-bond acceptors (Lipinski definition) is 10. The van der Waals surface area contributed by atoms with E-state index in [2.05, 4.69) is 52.4 Å². The summed E-state index contributed by atoms with van der Waals surface area (Å²) in [6, 6.07) is 2.89. The summed E-state index contributed by atoms with van der Waals surface area (Å²) in [6.45, 7) is 29.0. The number of hydrogen-bond donors (Lipinski definition) is 2. The summed E-state index contributed by atoms with van der Waals surface area (Å²) < 4.78 is 33.6. The van der Waals surface area contributed by atoms with Crippen LogP contribution >= 0.6 is 0 Å². The summed E-state index contributed by atoms with van der Waals surface area (Å²) in [6.07, 6.45) is 1.72. The fourth-order valence-corrected chi connectivity index (χ4v) is 19.9. The highest BCUT2D eigenvalue weighted by molar-refractivity contribution is 6.85. The average molecular weight is 683 g/mol. The van der Waals surface area contributed by atoms with Crippen molar-refractivity contribution in [1.82, 2.24) is 0 Å². The van der Waals surface area contributed by atoms with E-state index in [1.807, 2.05) is 13.1 Å². The van der Waals surface area contributed by atoms with Gasteiger partial charge in [0, 0.05) is 24.9 Å². The third kappa shape index (κ3) is 26.0. The molecule has 254 valence electrons. The Bertz CT molecular complexity index is 847. The molecule has 1 atom stereocenters. The normalized spacial score (nSPS) is 13.0. The molecule has 0 aromatic heterocycles. The summed E-state index contributed by atoms with van der Waals surface area (Å²) in [4.78, 5) is 22.5. The van der Waals surface area contributed by atoms with Gasteiger partial charge in [-0.1, -0.05) is 13.2 Å². The molecule has 0 saturated heterocycles. The first-order valence-corrected chi connectivity index (χ1v) is 27.2. The van der Waals surface area contributed by atoms with Gasteiger partial charge in [0.2, 0.25) is 0 Å². The van der Waals surface area contributed by atoms with E-state index >= 15 is 0 Å². The van der Waals surface area contributed by atoms with Crippen LogP contribution < -0.4 is 0 Å². The molecule has 14 heteroatoms. The van der Waals surface area contributed by atoms with Gasteiger partial charge in [-0.3, -0.25) is 0 Å². The smallest absolute Gasteiger partial charge is 0.333 e. The van der Waals surface area contributed by atoms with E-state index in [0.29, 0.717) is 31.0 Å². The Morgan fingerprint density at radius 1 is 0.698 bits per heavy atom. The number of aliphatic hydroxyl groups is 2. The van der Waals surface area contributed by atoms with Gasteiger partial charge < -0.3 is 37.1 Å². The Morgan fingerprint density at radius 2 is 1.07 bits per heavy atom. The van der Waals surface area contributed by atoms with Gasteiger partial charge in [0.1, 0.15) is 6.10 Å². The predicted octanol–water partition coefficient (Wildman–Crippen LogP) is 5.75. The van der Waals surface area contributed by atoms with Crippen LogP contribution in [-0.2, 0) is 36.5 Å². The Hall–Kier alpha value is -0.952. The molecule has 0 bridgehead atoms. The van der Waals surface area contributed by atoms with Gasteiger partial charge in [-0.15, -0.1) is 0 Å². The van der Waals surface area contributed by atoms with Gasteiger partial charge in [-0.05, 0) is 104 Å². The van der Waals surface area contributed by atoms with Crippen LogP contribution in [0.25, 0.3) is 0 Å². The highest BCUT2D eigenvalue weighted by Gasteiger charge is 2.34. The molecular formula is C29H62O10Si4. The zero-order chi connectivity index (χ0) is 33.9. The second-order valence-electron chi connectivity index (χ2n) is 13.1. The van der Waals surface area contributed by atoms with E-state index in [-0.39, 0.29) is 25.2 Å². The lowest BCUT2D eigenvalue weighted by atomic mass is 10.4. The monoisotopic (exact) mass is 682 g/mol. The van der Waals surface area contributed by atoms with E-state index in [0.717, 1.165) is 37.4 Å². The van der Waals surface area contributed by atoms with Gasteiger partial charge in [0.15, 0.2) is 25.0 Å². The van der Waals surface area contributed by atoms with Gasteiger partial charge in [-0.25, -0.2) is 9.59 Å². The molecular weight excluding hydrogens is 621 g/mol. The van der Waals surface area contributed by atoms with Crippen molar-refractivity contribution in [3.05, 3.63) is 24.3 Å². The summed E-state index contributed by atoms with van der Waals surface area (Å²) in [5.74, 6) is -0.650. The number of ether oxygens (including phenoxy) is 3. The van der Waals surface area contributed by atoms with E-state index in [4.69, 9.17) is 32.0 Å². The molecule has 10 nitrogen and oxygen atoms in total. The molecule has 0 aliphatic carbocycles. The maximum absolute atomic E-state index is 11.4. The van der Waals surface area contributed by atoms with Gasteiger partial charge >= 0.3 is 20.5 Å². The van der Waals surface area contributed by atoms with Crippen molar-refractivity contribution >= 4 is 45.5 Å². The summed E-state index contributed by atoms with van der Waals surface area (Å²) in [5, 5.41) is 17.9. The molecule has 0 spiro atoms. The minimum Gasteiger partial charge on any atom is -0.462 e. The Morgan fingerprint density at radius 3 is 1.42 bits per heavy atom. The largest absolute Gasteiger partial charge is 0.462 e. The fraction of sp³-hybridized carbons (Fsp3) is 0.793. The highest BCUT2D eigenvalue weighted by Crippen LogP contribution is 2.24. The second kappa shape index (κ2) is 21.7. The summed E-state index contributed by atoms with van der Waals surface area (Å²) in [5.41, 5.74) is 0.866. The van der Waals surface area contributed by atoms with Crippen molar-refractivity contribution in [2.24, 2.45) is 0 Å². The molecule has 0 saturated carbocycles. The standard InChI is InChI=1S/C17H36O6Si2.C12H26O4Si2/c1-15(2)17(20)22-10-8-12-25(5,6)23-24(3,4)11-7-9-21-14-16(19)13-18;1-11(2)12(13)15-9-8-10-17(4,5)16-18(6,7)14-3/h16,18-19H,1,7-14H2,2-6H3;1,8-10H2,2-7H3. The lowest BCUT2D eigenvalue weighted by Gasteiger charge is -2.34. The van der Waals surface area contributed by atoms with E-state index < -0.39 is 39.6 Å². The van der Waals surface area contributed by atoms with Crippen LogP contribution in [0.2, 0.25) is 70.5 Å². The molecule has 0 radical (unpaired) electrons. The summed E-state index contributed by atoms with van der Waals surface area (Å²) in [7, 11) is -5.58. The van der Waals surface area contributed by atoms with Crippen LogP contribution in [0.3, 0.4) is 0 Å². The third-order valence-corrected chi connectivity index (χ3v) is 20.4. The first kappa shape index (κ1) is 44.2. The van der Waals surface area contributed by atoms with E-state index in [1.165, 1.54) is 0 Å². The number of carbonyl (C=O) groups excluding carboxylic acids is 2. The minimum absolute atomic E-state index is 0.169. The average Bonchev–Trinajstić information content (AvgIpc) is 2.87. The summed E-state index contributed by atoms with van der Waals surface area (Å²) >= 11 is 0. The van der Waals surface area contributed by atoms with Crippen molar-refractivity contribution in [1.29, 1.82) is 0 Å². The molecule has 0 aromatic carbocycles. The molecule has 0 heterocycles. The van der Waals surface area contributed by atoms with Crippen molar-refractivity contribution in [3.63, 3.8) is 0 Å². The molecule has 1 unspecified atom stereocenters. The maximum Gasteiger partial charge on any atom is 0.333 e. The highest BCUT2D eigenvalue weighted by atomic mass is 28.4. The minimum atomic E-state index is -1.97. The Kier molecular flexibility index (Phi) is 22.3. The molecule has 0 aliphatic heterocycles. The molecule has 0 fully saturated rings. The Labute approximate surface area is 265 Å². The van der Waals surface area contributed by atoms with Crippen LogP contribution in [0, 0.1) is 0 Å².